The molecule has 3 aliphatic rings. The van der Waals surface area contributed by atoms with Gasteiger partial charge in [0.15, 0.2) is 0 Å². The summed E-state index contributed by atoms with van der Waals surface area (Å²) < 4.78 is 16.8. The molecule has 16 nitrogen and oxygen atoms in total. The Morgan fingerprint density at radius 2 is 1.79 bits per heavy atom. The number of likely N-dealkylation sites (tertiary alicyclic amines) is 2. The van der Waals surface area contributed by atoms with Crippen molar-refractivity contribution < 1.29 is 38.5 Å². The predicted molar refractivity (Wildman–Crippen MR) is 237 cm³/mol. The molecule has 16 heteroatoms. The molecule has 2 aromatic heterocycles. The summed E-state index contributed by atoms with van der Waals surface area (Å²) in [6.45, 7) is 11.0. The third kappa shape index (κ3) is 8.05. The second kappa shape index (κ2) is 17.5. The van der Waals surface area contributed by atoms with E-state index in [0.29, 0.717) is 44.2 Å². The molecule has 2 fully saturated rings. The first kappa shape index (κ1) is 43.5. The number of hydrogen-bond acceptors (Lipinski definition) is 9. The molecule has 0 aliphatic carbocycles. The van der Waals surface area contributed by atoms with Crippen molar-refractivity contribution in [2.45, 2.75) is 97.1 Å². The number of aromatic nitrogens is 4. The summed E-state index contributed by atoms with van der Waals surface area (Å²) in [5.41, 5.74) is 6.45. The lowest BCUT2D eigenvalue weighted by atomic mass is 9.92. The average Bonchev–Trinajstić information content (AvgIpc) is 4.10. The lowest BCUT2D eigenvalue weighted by Gasteiger charge is -2.34. The Morgan fingerprint density at radius 3 is 2.51 bits per heavy atom. The maximum absolute atomic E-state index is 14.2. The Balaban J connectivity index is 1.06. The van der Waals surface area contributed by atoms with E-state index < -0.39 is 24.3 Å². The van der Waals surface area contributed by atoms with Crippen molar-refractivity contribution in [1.82, 2.24) is 40.0 Å². The van der Waals surface area contributed by atoms with Gasteiger partial charge in [0.2, 0.25) is 11.8 Å². The summed E-state index contributed by atoms with van der Waals surface area (Å²) in [6, 6.07) is 12.3. The predicted octanol–water partition coefficient (Wildman–Crippen LogP) is 7.66. The number of amides is 4. The lowest BCUT2D eigenvalue weighted by molar-refractivity contribution is -0.139. The topological polar surface area (TPSA) is 195 Å². The second-order valence-corrected chi connectivity index (χ2v) is 17.8. The quantitative estimate of drug-likeness (QED) is 0.0967. The summed E-state index contributed by atoms with van der Waals surface area (Å²) in [4.78, 5) is 74.0. The van der Waals surface area contributed by atoms with E-state index in [-0.39, 0.29) is 47.7 Å². The van der Waals surface area contributed by atoms with E-state index in [1.165, 1.54) is 14.2 Å². The first-order valence-corrected chi connectivity index (χ1v) is 21.9. The van der Waals surface area contributed by atoms with Gasteiger partial charge < -0.3 is 44.4 Å². The smallest absolute Gasteiger partial charge is 0.407 e. The van der Waals surface area contributed by atoms with Crippen LogP contribution in [0.3, 0.4) is 0 Å². The van der Waals surface area contributed by atoms with E-state index in [0.717, 1.165) is 73.2 Å². The van der Waals surface area contributed by atoms with Gasteiger partial charge in [0.1, 0.15) is 36.1 Å². The van der Waals surface area contributed by atoms with Gasteiger partial charge in [-0.2, -0.15) is 0 Å². The van der Waals surface area contributed by atoms with Crippen molar-refractivity contribution in [2.75, 3.05) is 34.4 Å². The van der Waals surface area contributed by atoms with E-state index in [1.54, 1.807) is 18.2 Å². The number of carboxylic acid groups (broad SMARTS) is 1. The van der Waals surface area contributed by atoms with Crippen LogP contribution < -0.4 is 10.1 Å². The van der Waals surface area contributed by atoms with E-state index in [1.807, 2.05) is 45.6 Å². The molecule has 4 N–H and O–H groups in total. The lowest BCUT2D eigenvalue weighted by Crippen LogP contribution is -2.52. The molecule has 2 saturated heterocycles. The SMILES string of the molecule is CC[C@H](C)[C@@H](C(=O)N1C[C@@H](COC)C[C@H]1c1ncc(-c2ccc3c(c2)COc2cc4c(ccc5nc([C@@H]6CC[C@H](C)N6C(=O)[C@@H](NC(=O)OC)C(C)C)[nH]c54)cc2-3)[nH]1)N(C)C(=O)O. The highest BCUT2D eigenvalue weighted by atomic mass is 16.5. The molecule has 5 aromatic rings. The van der Waals surface area contributed by atoms with Crippen molar-refractivity contribution in [3.05, 3.63) is 65.9 Å². The molecule has 0 unspecified atom stereocenters. The fourth-order valence-electron chi connectivity index (χ4n) is 9.86. The van der Waals surface area contributed by atoms with E-state index >= 15 is 0 Å². The number of nitrogens with zero attached hydrogens (tertiary/aromatic N) is 5. The molecule has 4 amide bonds. The van der Waals surface area contributed by atoms with Gasteiger partial charge in [-0.25, -0.2) is 19.6 Å². The van der Waals surface area contributed by atoms with Crippen molar-refractivity contribution in [2.24, 2.45) is 17.8 Å². The summed E-state index contributed by atoms with van der Waals surface area (Å²) >= 11 is 0. The third-order valence-corrected chi connectivity index (χ3v) is 13.5. The first-order chi connectivity index (χ1) is 30.2. The third-order valence-electron chi connectivity index (χ3n) is 13.5. The number of hydrogen-bond donors (Lipinski definition) is 4. The minimum atomic E-state index is -1.14. The maximum Gasteiger partial charge on any atom is 0.407 e. The van der Waals surface area contributed by atoms with Crippen LogP contribution in [0.15, 0.2) is 48.7 Å². The highest BCUT2D eigenvalue weighted by Gasteiger charge is 2.44. The number of ether oxygens (including phenoxy) is 3. The number of likely N-dealkylation sites (N-methyl/N-ethyl adjacent to an activating group) is 1. The molecule has 0 spiro atoms. The molecular formula is C47H58N8O8. The van der Waals surface area contributed by atoms with Crippen LogP contribution in [0.1, 0.15) is 89.6 Å². The van der Waals surface area contributed by atoms with Crippen LogP contribution >= 0.6 is 0 Å². The van der Waals surface area contributed by atoms with Gasteiger partial charge in [-0.05, 0) is 84.4 Å². The Hall–Kier alpha value is -6.16. The zero-order chi connectivity index (χ0) is 44.9. The molecule has 7 atom stereocenters. The van der Waals surface area contributed by atoms with Gasteiger partial charge in [-0.15, -0.1) is 0 Å². The highest BCUT2D eigenvalue weighted by molar-refractivity contribution is 6.07. The Bertz CT molecular complexity index is 2550. The second-order valence-electron chi connectivity index (χ2n) is 17.8. The molecule has 5 heterocycles. The number of benzene rings is 3. The van der Waals surface area contributed by atoms with Crippen molar-refractivity contribution >= 4 is 45.8 Å². The normalized spacial score (nSPS) is 20.9. The number of H-pyrrole nitrogens is 2. The van der Waals surface area contributed by atoms with Gasteiger partial charge in [0.25, 0.3) is 0 Å². The standard InChI is InChI=1S/C47H58N8O8/c1-9-25(4)41(53(6)47(59)60)45(57)54-21-27(22-61-7)16-37(54)42-48-20-35(50-42)29-11-13-31-30(17-29)23-63-38-19-32-28(18-33(31)38)12-14-34-40(32)51-43(49-34)36-15-10-26(5)55(36)44(56)39(24(2)3)52-46(58)62-8/h11-14,17-20,24-27,36-37,39,41H,9-10,15-16,21-23H2,1-8H3,(H,48,50)(H,49,51)(H,52,58)(H,59,60)/t25-,26-,27-,36-,37-,39-,41-/m0/s1. The number of fused-ring (bicyclic) bond motifs is 6. The van der Waals surface area contributed by atoms with Crippen molar-refractivity contribution in [3.8, 4) is 28.1 Å². The summed E-state index contributed by atoms with van der Waals surface area (Å²) in [5, 5.41) is 14.6. The van der Waals surface area contributed by atoms with E-state index in [4.69, 9.17) is 24.2 Å². The highest BCUT2D eigenvalue weighted by Crippen LogP contribution is 2.44. The van der Waals surface area contributed by atoms with Crippen LogP contribution in [0.25, 0.3) is 44.2 Å². The minimum Gasteiger partial charge on any atom is -0.488 e. The fourth-order valence-corrected chi connectivity index (χ4v) is 9.86. The van der Waals surface area contributed by atoms with Gasteiger partial charge in [-0.3, -0.25) is 14.5 Å². The van der Waals surface area contributed by atoms with Crippen LogP contribution in [0.2, 0.25) is 0 Å². The molecule has 0 saturated carbocycles. The Kier molecular flexibility index (Phi) is 12.1. The molecule has 0 radical (unpaired) electrons. The maximum atomic E-state index is 14.2. The molecule has 3 aromatic carbocycles. The van der Waals surface area contributed by atoms with Gasteiger partial charge in [0, 0.05) is 43.6 Å². The number of nitrogens with one attached hydrogen (secondary N) is 3. The largest absolute Gasteiger partial charge is 0.488 e. The van der Waals surface area contributed by atoms with Crippen molar-refractivity contribution in [3.63, 3.8) is 0 Å². The summed E-state index contributed by atoms with van der Waals surface area (Å²) in [6.07, 6.45) is 2.85. The molecule has 3 aliphatic heterocycles. The molecule has 63 heavy (non-hydrogen) atoms. The Morgan fingerprint density at radius 1 is 1.00 bits per heavy atom. The van der Waals surface area contributed by atoms with Gasteiger partial charge in [0.05, 0.1) is 48.7 Å². The van der Waals surface area contributed by atoms with Crippen LogP contribution in [-0.4, -0.2) is 116 Å². The van der Waals surface area contributed by atoms with Crippen LogP contribution in [0, 0.1) is 17.8 Å². The zero-order valence-corrected chi connectivity index (χ0v) is 37.2. The van der Waals surface area contributed by atoms with Crippen LogP contribution in [0.5, 0.6) is 5.75 Å². The molecule has 0 bridgehead atoms. The van der Waals surface area contributed by atoms with Gasteiger partial charge >= 0.3 is 12.2 Å². The average molecular weight is 863 g/mol. The van der Waals surface area contributed by atoms with E-state index in [2.05, 4.69) is 51.7 Å². The number of carbonyl (C=O) groups is 4. The van der Waals surface area contributed by atoms with Crippen molar-refractivity contribution in [1.29, 1.82) is 0 Å². The zero-order valence-electron chi connectivity index (χ0n) is 37.2. The van der Waals surface area contributed by atoms with Crippen LogP contribution in [0.4, 0.5) is 9.59 Å². The molecule has 334 valence electrons. The number of alkyl carbamates (subject to hydrolysis) is 1. The number of imidazole rings is 2. The number of aromatic amines is 2. The monoisotopic (exact) mass is 862 g/mol. The molecular weight excluding hydrogens is 805 g/mol. The number of methoxy groups -OCH3 is 2. The summed E-state index contributed by atoms with van der Waals surface area (Å²) in [5.74, 6) is 1.49. The number of carbonyl (C=O) groups excluding carboxylic acids is 3. The van der Waals surface area contributed by atoms with E-state index in [9.17, 15) is 24.3 Å². The minimum absolute atomic E-state index is 0.0338. The number of rotatable bonds is 12. The molecule has 8 rings (SSSR count). The Labute approximate surface area is 366 Å². The van der Waals surface area contributed by atoms with Crippen LogP contribution in [-0.2, 0) is 25.7 Å². The first-order valence-electron chi connectivity index (χ1n) is 21.9. The van der Waals surface area contributed by atoms with Gasteiger partial charge in [-0.1, -0.05) is 52.3 Å². The fraction of sp³-hybridized carbons (Fsp3) is 0.489. The summed E-state index contributed by atoms with van der Waals surface area (Å²) in [7, 11) is 4.40.